The molecule has 1 unspecified atom stereocenters. The number of nitrogens with one attached hydrogen (secondary N) is 1. The van der Waals surface area contributed by atoms with E-state index in [1.165, 1.54) is 5.56 Å². The number of halogens is 1. The molecule has 2 aromatic rings. The maximum Gasteiger partial charge on any atom is 0.185 e. The third-order valence-corrected chi connectivity index (χ3v) is 4.52. The molecule has 0 spiro atoms. The molecule has 2 rings (SSSR count). The predicted molar refractivity (Wildman–Crippen MR) is 87.8 cm³/mol. The quantitative estimate of drug-likeness (QED) is 0.870. The zero-order valence-corrected chi connectivity index (χ0v) is 13.6. The van der Waals surface area contributed by atoms with E-state index in [-0.39, 0.29) is 6.04 Å². The molecule has 1 aromatic carbocycles. The van der Waals surface area contributed by atoms with E-state index in [2.05, 4.69) is 47.5 Å². The third kappa shape index (κ3) is 3.72. The predicted octanol–water partition coefficient (Wildman–Crippen LogP) is 4.10. The van der Waals surface area contributed by atoms with Gasteiger partial charge in [-0.25, -0.2) is 4.98 Å². The average Bonchev–Trinajstić information content (AvgIpc) is 2.92. The van der Waals surface area contributed by atoms with Gasteiger partial charge in [0.05, 0.1) is 11.7 Å². The monoisotopic (exact) mass is 309 g/mol. The minimum Gasteiger partial charge on any atom is -0.344 e. The van der Waals surface area contributed by atoms with Crippen LogP contribution >= 0.6 is 22.9 Å². The van der Waals surface area contributed by atoms with Crippen molar-refractivity contribution in [3.8, 4) is 0 Å². The summed E-state index contributed by atoms with van der Waals surface area (Å²) < 4.78 is 0. The van der Waals surface area contributed by atoms with Crippen molar-refractivity contribution >= 4 is 28.1 Å². The van der Waals surface area contributed by atoms with Crippen LogP contribution in [0.25, 0.3) is 0 Å². The molecule has 1 N–H and O–H groups in total. The second-order valence-electron chi connectivity index (χ2n) is 4.74. The molecule has 0 saturated heterocycles. The Hall–Kier alpha value is -1.10. The molecule has 3 nitrogen and oxygen atoms in total. The highest BCUT2D eigenvalue weighted by molar-refractivity contribution is 7.13. The van der Waals surface area contributed by atoms with E-state index < -0.39 is 0 Å². The van der Waals surface area contributed by atoms with E-state index >= 15 is 0 Å². The summed E-state index contributed by atoms with van der Waals surface area (Å²) in [4.78, 5) is 6.85. The largest absolute Gasteiger partial charge is 0.344 e. The number of hydrogen-bond donors (Lipinski definition) is 1. The average molecular weight is 310 g/mol. The molecule has 0 aliphatic heterocycles. The van der Waals surface area contributed by atoms with Crippen LogP contribution in [0.1, 0.15) is 31.1 Å². The molecule has 108 valence electrons. The normalized spacial score (nSPS) is 12.4. The third-order valence-electron chi connectivity index (χ3n) is 3.31. The van der Waals surface area contributed by atoms with Crippen molar-refractivity contribution in [2.24, 2.45) is 0 Å². The van der Waals surface area contributed by atoms with Gasteiger partial charge < -0.3 is 10.2 Å². The van der Waals surface area contributed by atoms with Gasteiger partial charge in [0.2, 0.25) is 0 Å². The second kappa shape index (κ2) is 7.07. The Morgan fingerprint density at radius 1 is 1.45 bits per heavy atom. The van der Waals surface area contributed by atoms with Gasteiger partial charge >= 0.3 is 0 Å². The topological polar surface area (TPSA) is 28.2 Å². The fraction of sp³-hybridized carbons (Fsp3) is 0.400. The first kappa shape index (κ1) is 15.3. The second-order valence-corrected chi connectivity index (χ2v) is 6.02. The minimum atomic E-state index is 0.242. The minimum absolute atomic E-state index is 0.242. The van der Waals surface area contributed by atoms with E-state index in [1.54, 1.807) is 11.3 Å². The van der Waals surface area contributed by atoms with Crippen LogP contribution in [-0.4, -0.2) is 18.6 Å². The van der Waals surface area contributed by atoms with E-state index in [0.29, 0.717) is 0 Å². The van der Waals surface area contributed by atoms with Crippen molar-refractivity contribution in [1.29, 1.82) is 0 Å². The lowest BCUT2D eigenvalue weighted by molar-refractivity contribution is 0.704. The first-order chi connectivity index (χ1) is 9.61. The summed E-state index contributed by atoms with van der Waals surface area (Å²) in [5, 5.41) is 7.21. The maximum absolute atomic E-state index is 6.06. The fourth-order valence-corrected chi connectivity index (χ4v) is 3.02. The molecule has 0 bridgehead atoms. The number of rotatable bonds is 6. The zero-order valence-electron chi connectivity index (χ0n) is 12.1. The van der Waals surface area contributed by atoms with Crippen LogP contribution < -0.4 is 10.2 Å². The molecule has 1 heterocycles. The first-order valence-electron chi connectivity index (χ1n) is 6.75. The smallest absolute Gasteiger partial charge is 0.185 e. The molecule has 0 saturated carbocycles. The van der Waals surface area contributed by atoms with E-state index in [1.807, 2.05) is 18.2 Å². The molecule has 0 aliphatic rings. The molecule has 0 fully saturated rings. The number of hydrogen-bond acceptors (Lipinski definition) is 4. The van der Waals surface area contributed by atoms with Gasteiger partial charge in [-0.2, -0.15) is 0 Å². The highest BCUT2D eigenvalue weighted by atomic mass is 35.5. The Bertz CT molecular complexity index is 556. The van der Waals surface area contributed by atoms with Crippen LogP contribution in [0.4, 0.5) is 5.13 Å². The summed E-state index contributed by atoms with van der Waals surface area (Å²) in [7, 11) is 2.07. The summed E-state index contributed by atoms with van der Waals surface area (Å²) in [6.45, 7) is 6.05. The maximum atomic E-state index is 6.06. The van der Waals surface area contributed by atoms with Crippen molar-refractivity contribution < 1.29 is 0 Å². The number of benzene rings is 1. The number of anilines is 1. The van der Waals surface area contributed by atoms with Gasteiger partial charge in [0, 0.05) is 24.0 Å². The summed E-state index contributed by atoms with van der Waals surface area (Å²) >= 11 is 7.74. The molecule has 0 amide bonds. The van der Waals surface area contributed by atoms with Crippen LogP contribution in [0.5, 0.6) is 0 Å². The summed E-state index contributed by atoms with van der Waals surface area (Å²) in [5.74, 6) is 0. The summed E-state index contributed by atoms with van der Waals surface area (Å²) in [6, 6.07) is 8.23. The Balaban J connectivity index is 2.10. The molecule has 20 heavy (non-hydrogen) atoms. The van der Waals surface area contributed by atoms with Gasteiger partial charge in [0.1, 0.15) is 0 Å². The summed E-state index contributed by atoms with van der Waals surface area (Å²) in [5.41, 5.74) is 2.29. The molecule has 0 aliphatic carbocycles. The number of thiazole rings is 1. The van der Waals surface area contributed by atoms with Gasteiger partial charge in [-0.3, -0.25) is 0 Å². The van der Waals surface area contributed by atoms with Gasteiger partial charge in [0.15, 0.2) is 5.13 Å². The highest BCUT2D eigenvalue weighted by Crippen LogP contribution is 2.29. The van der Waals surface area contributed by atoms with E-state index in [0.717, 1.165) is 28.9 Å². The highest BCUT2D eigenvalue weighted by Gasteiger charge is 2.15. The number of nitrogens with zero attached hydrogens (tertiary/aromatic N) is 2. The van der Waals surface area contributed by atoms with Crippen molar-refractivity contribution in [2.75, 3.05) is 18.5 Å². The Kier molecular flexibility index (Phi) is 5.40. The SMILES string of the molecule is CCNCc1csc(N(C)C(C)c2cccc(Cl)c2)n1. The first-order valence-corrected chi connectivity index (χ1v) is 8.01. The van der Waals surface area contributed by atoms with Crippen molar-refractivity contribution in [3.63, 3.8) is 0 Å². The fourth-order valence-electron chi connectivity index (χ4n) is 1.95. The van der Waals surface area contributed by atoms with Crippen LogP contribution in [0.15, 0.2) is 29.6 Å². The Morgan fingerprint density at radius 2 is 2.25 bits per heavy atom. The van der Waals surface area contributed by atoms with Crippen LogP contribution in [-0.2, 0) is 6.54 Å². The molecule has 1 atom stereocenters. The molecule has 5 heteroatoms. The van der Waals surface area contributed by atoms with Crippen LogP contribution in [0.3, 0.4) is 0 Å². The van der Waals surface area contributed by atoms with Gasteiger partial charge in [-0.1, -0.05) is 30.7 Å². The van der Waals surface area contributed by atoms with Crippen molar-refractivity contribution in [2.45, 2.75) is 26.4 Å². The molecule has 0 radical (unpaired) electrons. The van der Waals surface area contributed by atoms with E-state index in [4.69, 9.17) is 11.6 Å². The lowest BCUT2D eigenvalue weighted by Gasteiger charge is -2.24. The van der Waals surface area contributed by atoms with Crippen molar-refractivity contribution in [1.82, 2.24) is 10.3 Å². The molecular weight excluding hydrogens is 290 g/mol. The Morgan fingerprint density at radius 3 is 2.95 bits per heavy atom. The van der Waals surface area contributed by atoms with Gasteiger partial charge in [0.25, 0.3) is 0 Å². The number of aromatic nitrogens is 1. The van der Waals surface area contributed by atoms with E-state index in [9.17, 15) is 0 Å². The standard InChI is InChI=1S/C15H20ClN3S/c1-4-17-9-14-10-20-15(18-14)19(3)11(2)12-6-5-7-13(16)8-12/h5-8,10-11,17H,4,9H2,1-3H3. The Labute approximate surface area is 129 Å². The van der Waals surface area contributed by atoms with Gasteiger partial charge in [-0.05, 0) is 31.2 Å². The van der Waals surface area contributed by atoms with Crippen LogP contribution in [0, 0.1) is 0 Å². The molecule has 1 aromatic heterocycles. The zero-order chi connectivity index (χ0) is 14.5. The van der Waals surface area contributed by atoms with Crippen molar-refractivity contribution in [3.05, 3.63) is 45.9 Å². The lowest BCUT2D eigenvalue weighted by Crippen LogP contribution is -2.21. The summed E-state index contributed by atoms with van der Waals surface area (Å²) in [6.07, 6.45) is 0. The molecular formula is C15H20ClN3S. The van der Waals surface area contributed by atoms with Crippen LogP contribution in [0.2, 0.25) is 5.02 Å². The van der Waals surface area contributed by atoms with Gasteiger partial charge in [-0.15, -0.1) is 11.3 Å². The lowest BCUT2D eigenvalue weighted by atomic mass is 10.1.